The predicted octanol–water partition coefficient (Wildman–Crippen LogP) is 1.53. The Morgan fingerprint density at radius 2 is 2.17 bits per heavy atom. The van der Waals surface area contributed by atoms with E-state index in [4.69, 9.17) is 0 Å². The maximum Gasteiger partial charge on any atom is 0.431 e. The first-order valence-corrected chi connectivity index (χ1v) is 3.23. The van der Waals surface area contributed by atoms with Crippen LogP contribution in [0.4, 0.5) is 19.1 Å². The normalized spacial score (nSPS) is 16.1. The number of alkyl halides is 3. The molecule has 3 nitrogen and oxygen atoms in total. The zero-order valence-corrected chi connectivity index (χ0v) is 5.84. The van der Waals surface area contributed by atoms with Crippen molar-refractivity contribution in [1.29, 1.82) is 0 Å². The van der Waals surface area contributed by atoms with E-state index >= 15 is 0 Å². The molecule has 64 valence electrons. The highest BCUT2D eigenvalue weighted by Crippen LogP contribution is 2.26. The molecule has 6 heteroatoms. The molecule has 0 fully saturated rings. The Labute approximate surface area is 65.6 Å². The second-order valence-corrected chi connectivity index (χ2v) is 2.41. The molecule has 2 rings (SSSR count). The van der Waals surface area contributed by atoms with E-state index in [1.807, 2.05) is 0 Å². The lowest BCUT2D eigenvalue weighted by Gasteiger charge is -2.03. The molecule has 0 aromatic carbocycles. The van der Waals surface area contributed by atoms with Crippen molar-refractivity contribution in [2.24, 2.45) is 4.99 Å². The van der Waals surface area contributed by atoms with Crippen molar-refractivity contribution >= 4 is 11.7 Å². The fraction of sp³-hybridized carbons (Fsp3) is 0.333. The molecule has 1 aliphatic rings. The van der Waals surface area contributed by atoms with Gasteiger partial charge in [0.05, 0.1) is 6.54 Å². The minimum Gasteiger partial charge on any atom is -0.310 e. The molecule has 0 unspecified atom stereocenters. The van der Waals surface area contributed by atoms with E-state index in [0.717, 1.165) is 0 Å². The summed E-state index contributed by atoms with van der Waals surface area (Å²) in [6.45, 7) is -0.223. The number of rotatable bonds is 0. The summed E-state index contributed by atoms with van der Waals surface area (Å²) in [7, 11) is 0. The molecule has 0 aliphatic carbocycles. The van der Waals surface area contributed by atoms with Crippen molar-refractivity contribution in [1.82, 2.24) is 9.55 Å². The first-order chi connectivity index (χ1) is 5.57. The van der Waals surface area contributed by atoms with Gasteiger partial charge in [0, 0.05) is 12.4 Å². The second-order valence-electron chi connectivity index (χ2n) is 2.41. The van der Waals surface area contributed by atoms with Gasteiger partial charge in [-0.25, -0.2) is 9.98 Å². The van der Waals surface area contributed by atoms with Gasteiger partial charge in [-0.05, 0) is 0 Å². The molecule has 1 aromatic heterocycles. The van der Waals surface area contributed by atoms with Crippen LogP contribution in [0.5, 0.6) is 0 Å². The third-order valence-electron chi connectivity index (χ3n) is 1.58. The molecule has 1 aromatic rings. The largest absolute Gasteiger partial charge is 0.431 e. The van der Waals surface area contributed by atoms with Crippen LogP contribution in [-0.4, -0.2) is 21.4 Å². The molecule has 0 radical (unpaired) electrons. The molecule has 0 amide bonds. The van der Waals surface area contributed by atoms with E-state index in [0.29, 0.717) is 0 Å². The molecular formula is C6H4F3N3. The Bertz CT molecular complexity index is 336. The summed E-state index contributed by atoms with van der Waals surface area (Å²) in [5, 5.41) is 0. The quantitative estimate of drug-likeness (QED) is 0.588. The fourth-order valence-electron chi connectivity index (χ4n) is 1.01. The van der Waals surface area contributed by atoms with E-state index in [1.165, 1.54) is 17.0 Å². The number of hydrogen-bond donors (Lipinski definition) is 0. The summed E-state index contributed by atoms with van der Waals surface area (Å²) in [5.74, 6) is 0.127. The predicted molar refractivity (Wildman–Crippen MR) is 35.4 cm³/mol. The van der Waals surface area contributed by atoms with Gasteiger partial charge in [0.2, 0.25) is 5.95 Å². The van der Waals surface area contributed by atoms with Gasteiger partial charge in [-0.15, -0.1) is 0 Å². The van der Waals surface area contributed by atoms with Crippen molar-refractivity contribution in [3.05, 3.63) is 12.4 Å². The minimum absolute atomic E-state index is 0.127. The van der Waals surface area contributed by atoms with Gasteiger partial charge in [-0.2, -0.15) is 13.2 Å². The number of hydrogen-bond acceptors (Lipinski definition) is 2. The zero-order chi connectivity index (χ0) is 8.77. The van der Waals surface area contributed by atoms with Crippen LogP contribution in [0.2, 0.25) is 0 Å². The number of aliphatic imine (C=N–C) groups is 1. The standard InChI is InChI=1S/C6H4F3N3/c7-6(8,9)4-3-12-2-1-10-5(12)11-4/h1-2H,3H2. The Hall–Kier alpha value is -1.33. The third kappa shape index (κ3) is 0.992. The van der Waals surface area contributed by atoms with E-state index in [9.17, 15) is 13.2 Å². The van der Waals surface area contributed by atoms with Gasteiger partial charge in [0.1, 0.15) is 5.71 Å². The van der Waals surface area contributed by atoms with Crippen LogP contribution in [0.1, 0.15) is 0 Å². The Morgan fingerprint density at radius 1 is 1.42 bits per heavy atom. The molecule has 0 atom stereocenters. The Balaban J connectivity index is 2.34. The number of halogens is 3. The highest BCUT2D eigenvalue weighted by molar-refractivity contribution is 5.93. The summed E-state index contributed by atoms with van der Waals surface area (Å²) in [6.07, 6.45) is -1.44. The van der Waals surface area contributed by atoms with Gasteiger partial charge in [-0.3, -0.25) is 0 Å². The number of imidazole rings is 1. The van der Waals surface area contributed by atoms with Crippen molar-refractivity contribution < 1.29 is 13.2 Å². The highest BCUT2D eigenvalue weighted by Gasteiger charge is 2.38. The average Bonchev–Trinajstić information content (AvgIpc) is 2.37. The molecule has 2 heterocycles. The molecule has 0 N–H and O–H groups in total. The topological polar surface area (TPSA) is 30.2 Å². The van der Waals surface area contributed by atoms with Gasteiger partial charge in [0.25, 0.3) is 0 Å². The van der Waals surface area contributed by atoms with E-state index in [2.05, 4.69) is 9.98 Å². The molecule has 0 bridgehead atoms. The molecular weight excluding hydrogens is 171 g/mol. The van der Waals surface area contributed by atoms with Crippen molar-refractivity contribution in [3.63, 3.8) is 0 Å². The number of nitrogens with zero attached hydrogens (tertiary/aromatic N) is 3. The van der Waals surface area contributed by atoms with Crippen LogP contribution in [0.25, 0.3) is 0 Å². The van der Waals surface area contributed by atoms with Gasteiger partial charge in [0.15, 0.2) is 0 Å². The fourth-order valence-corrected chi connectivity index (χ4v) is 1.01. The first kappa shape index (κ1) is 7.33. The molecule has 12 heavy (non-hydrogen) atoms. The number of aromatic nitrogens is 2. The lowest BCUT2D eigenvalue weighted by Crippen LogP contribution is -2.24. The van der Waals surface area contributed by atoms with E-state index in [-0.39, 0.29) is 12.5 Å². The van der Waals surface area contributed by atoms with Crippen molar-refractivity contribution in [2.75, 3.05) is 0 Å². The zero-order valence-electron chi connectivity index (χ0n) is 5.84. The highest BCUT2D eigenvalue weighted by atomic mass is 19.4. The second kappa shape index (κ2) is 2.09. The summed E-state index contributed by atoms with van der Waals surface area (Å²) < 4.78 is 37.4. The molecule has 0 spiro atoms. The Kier molecular flexibility index (Phi) is 1.27. The summed E-state index contributed by atoms with van der Waals surface area (Å²) in [6, 6.07) is 0. The summed E-state index contributed by atoms with van der Waals surface area (Å²) >= 11 is 0. The molecule has 0 saturated heterocycles. The molecule has 1 aliphatic heterocycles. The van der Waals surface area contributed by atoms with E-state index in [1.54, 1.807) is 0 Å². The van der Waals surface area contributed by atoms with Crippen LogP contribution in [0.3, 0.4) is 0 Å². The monoisotopic (exact) mass is 175 g/mol. The van der Waals surface area contributed by atoms with Crippen LogP contribution in [0.15, 0.2) is 17.4 Å². The van der Waals surface area contributed by atoms with Gasteiger partial charge < -0.3 is 4.57 Å². The van der Waals surface area contributed by atoms with E-state index < -0.39 is 11.9 Å². The van der Waals surface area contributed by atoms with Crippen LogP contribution < -0.4 is 0 Å². The Morgan fingerprint density at radius 3 is 2.75 bits per heavy atom. The van der Waals surface area contributed by atoms with Crippen molar-refractivity contribution in [3.8, 4) is 0 Å². The van der Waals surface area contributed by atoms with Crippen LogP contribution >= 0.6 is 0 Å². The maximum absolute atomic E-state index is 12.0. The van der Waals surface area contributed by atoms with Crippen LogP contribution in [-0.2, 0) is 6.54 Å². The smallest absolute Gasteiger partial charge is 0.310 e. The SMILES string of the molecule is FC(F)(F)C1=Nc2nccn2C1. The van der Waals surface area contributed by atoms with Gasteiger partial charge >= 0.3 is 6.18 Å². The average molecular weight is 175 g/mol. The lowest BCUT2D eigenvalue weighted by molar-refractivity contribution is -0.0602. The maximum atomic E-state index is 12.0. The van der Waals surface area contributed by atoms with Gasteiger partial charge in [-0.1, -0.05) is 0 Å². The molecule has 0 saturated carbocycles. The minimum atomic E-state index is -4.33. The summed E-state index contributed by atoms with van der Waals surface area (Å²) in [4.78, 5) is 6.96. The third-order valence-corrected chi connectivity index (χ3v) is 1.58. The summed E-state index contributed by atoms with van der Waals surface area (Å²) in [5.41, 5.74) is -0.786. The van der Waals surface area contributed by atoms with Crippen molar-refractivity contribution in [2.45, 2.75) is 12.7 Å². The number of fused-ring (bicyclic) bond motifs is 1. The first-order valence-electron chi connectivity index (χ1n) is 3.23. The lowest BCUT2D eigenvalue weighted by atomic mass is 10.4. The van der Waals surface area contributed by atoms with Crippen LogP contribution in [0, 0.1) is 0 Å².